The molecule has 2 heterocycles. The second kappa shape index (κ2) is 6.56. The first kappa shape index (κ1) is 16.2. The first-order valence-electron chi connectivity index (χ1n) is 8.72. The van der Waals surface area contributed by atoms with E-state index in [0.717, 1.165) is 6.42 Å². The molecule has 0 spiro atoms. The average Bonchev–Trinajstić information content (AvgIpc) is 3.33. The molecule has 1 amide bonds. The number of halogens is 1. The number of ether oxygens (including phenoxy) is 1. The minimum absolute atomic E-state index is 0.0371. The number of pyridine rings is 1. The molecule has 0 unspecified atom stereocenters. The van der Waals surface area contributed by atoms with Gasteiger partial charge in [-0.15, -0.1) is 0 Å². The van der Waals surface area contributed by atoms with E-state index in [4.69, 9.17) is 4.74 Å². The van der Waals surface area contributed by atoms with Crippen molar-refractivity contribution in [2.24, 2.45) is 5.92 Å². The van der Waals surface area contributed by atoms with Gasteiger partial charge in [-0.1, -0.05) is 18.2 Å². The van der Waals surface area contributed by atoms with Gasteiger partial charge in [0.25, 0.3) is 0 Å². The molecule has 2 fully saturated rings. The minimum atomic E-state index is -0.699. The molecule has 1 aromatic heterocycles. The van der Waals surface area contributed by atoms with Crippen LogP contribution < -0.4 is 5.32 Å². The van der Waals surface area contributed by atoms with Crippen molar-refractivity contribution in [1.82, 2.24) is 10.3 Å². The van der Waals surface area contributed by atoms with Gasteiger partial charge in [0.05, 0.1) is 24.7 Å². The van der Waals surface area contributed by atoms with Crippen molar-refractivity contribution in [1.29, 1.82) is 0 Å². The Morgan fingerprint density at radius 3 is 2.68 bits per heavy atom. The molecule has 2 atom stereocenters. The molecule has 1 saturated carbocycles. The van der Waals surface area contributed by atoms with Crippen LogP contribution in [0.25, 0.3) is 0 Å². The van der Waals surface area contributed by atoms with Crippen LogP contribution in [0.4, 0.5) is 4.39 Å². The van der Waals surface area contributed by atoms with Crippen molar-refractivity contribution in [3.05, 3.63) is 65.7 Å². The Morgan fingerprint density at radius 1 is 1.20 bits per heavy atom. The molecular formula is C20H21FN2O2. The van der Waals surface area contributed by atoms with Crippen molar-refractivity contribution in [3.8, 4) is 0 Å². The Balaban J connectivity index is 1.46. The van der Waals surface area contributed by atoms with Crippen LogP contribution in [0.1, 0.15) is 24.0 Å². The minimum Gasteiger partial charge on any atom is -0.379 e. The van der Waals surface area contributed by atoms with Crippen LogP contribution >= 0.6 is 0 Å². The maximum absolute atomic E-state index is 14.2. The lowest BCUT2D eigenvalue weighted by molar-refractivity contribution is -0.124. The number of amides is 1. The summed E-state index contributed by atoms with van der Waals surface area (Å²) in [5.74, 6) is -0.151. The van der Waals surface area contributed by atoms with Gasteiger partial charge in [0, 0.05) is 23.9 Å². The highest BCUT2D eigenvalue weighted by Crippen LogP contribution is 2.49. The first-order chi connectivity index (χ1) is 12.2. The van der Waals surface area contributed by atoms with Gasteiger partial charge in [0.15, 0.2) is 0 Å². The Kier molecular flexibility index (Phi) is 4.25. The van der Waals surface area contributed by atoms with Crippen LogP contribution in [0, 0.1) is 11.7 Å². The van der Waals surface area contributed by atoms with Crippen molar-refractivity contribution in [3.63, 3.8) is 0 Å². The van der Waals surface area contributed by atoms with E-state index in [1.54, 1.807) is 30.6 Å². The summed E-state index contributed by atoms with van der Waals surface area (Å²) in [6, 6.07) is 10.5. The second-order valence-electron chi connectivity index (χ2n) is 7.00. The summed E-state index contributed by atoms with van der Waals surface area (Å²) >= 11 is 0. The summed E-state index contributed by atoms with van der Waals surface area (Å²) in [6.45, 7) is 1.13. The van der Waals surface area contributed by atoms with E-state index in [1.807, 2.05) is 12.1 Å². The van der Waals surface area contributed by atoms with Crippen LogP contribution in [-0.2, 0) is 21.4 Å². The topological polar surface area (TPSA) is 51.2 Å². The lowest BCUT2D eigenvalue weighted by Crippen LogP contribution is -2.45. The Hall–Kier alpha value is -2.27. The van der Waals surface area contributed by atoms with Gasteiger partial charge < -0.3 is 10.1 Å². The third kappa shape index (κ3) is 3.16. The van der Waals surface area contributed by atoms with Gasteiger partial charge in [0.2, 0.25) is 5.91 Å². The summed E-state index contributed by atoms with van der Waals surface area (Å²) in [5.41, 5.74) is 0.992. The lowest BCUT2D eigenvalue weighted by Gasteiger charge is -2.23. The molecule has 1 N–H and O–H groups in total. The van der Waals surface area contributed by atoms with Crippen molar-refractivity contribution >= 4 is 5.91 Å². The standard InChI is InChI=1S/C20H21FN2O2/c21-17-4-2-1-3-16(17)20(7-8-20)19(24)23-18-13-25-12-15(18)11-14-5-9-22-10-6-14/h1-6,9-10,15,18H,7-8,11-13H2,(H,23,24)/t15-,18+/m1/s1. The SMILES string of the molecule is O=C(N[C@H]1COC[C@H]1Cc1ccncc1)C1(c2ccccc2F)CC1. The largest absolute Gasteiger partial charge is 0.379 e. The zero-order valence-electron chi connectivity index (χ0n) is 14.0. The monoisotopic (exact) mass is 340 g/mol. The predicted octanol–water partition coefficient (Wildman–Crippen LogP) is 2.63. The number of hydrogen-bond acceptors (Lipinski definition) is 3. The third-order valence-electron chi connectivity index (χ3n) is 5.34. The van der Waals surface area contributed by atoms with E-state index < -0.39 is 5.41 Å². The maximum atomic E-state index is 14.2. The molecule has 4 nitrogen and oxygen atoms in total. The van der Waals surface area contributed by atoms with E-state index in [9.17, 15) is 9.18 Å². The molecule has 2 aliphatic rings. The zero-order chi connectivity index (χ0) is 17.3. The molecule has 4 rings (SSSR count). The van der Waals surface area contributed by atoms with E-state index in [2.05, 4.69) is 10.3 Å². The molecule has 0 radical (unpaired) electrons. The third-order valence-corrected chi connectivity index (χ3v) is 5.34. The number of benzene rings is 1. The molecular weight excluding hydrogens is 319 g/mol. The molecule has 1 aliphatic heterocycles. The van der Waals surface area contributed by atoms with Gasteiger partial charge >= 0.3 is 0 Å². The summed E-state index contributed by atoms with van der Waals surface area (Å²) in [6.07, 6.45) is 5.77. The number of hydrogen-bond donors (Lipinski definition) is 1. The van der Waals surface area contributed by atoms with Crippen molar-refractivity contribution < 1.29 is 13.9 Å². The van der Waals surface area contributed by atoms with E-state index in [0.29, 0.717) is 31.6 Å². The van der Waals surface area contributed by atoms with Crippen LogP contribution in [-0.4, -0.2) is 30.1 Å². The summed E-state index contributed by atoms with van der Waals surface area (Å²) < 4.78 is 19.8. The highest BCUT2D eigenvalue weighted by Gasteiger charge is 2.53. The van der Waals surface area contributed by atoms with E-state index in [-0.39, 0.29) is 23.7 Å². The highest BCUT2D eigenvalue weighted by molar-refractivity contribution is 5.91. The second-order valence-corrected chi connectivity index (χ2v) is 7.00. The number of rotatable bonds is 5. The fraction of sp³-hybridized carbons (Fsp3) is 0.400. The molecule has 0 bridgehead atoms. The fourth-order valence-corrected chi connectivity index (χ4v) is 3.68. The van der Waals surface area contributed by atoms with E-state index in [1.165, 1.54) is 11.6 Å². The molecule has 1 aliphatic carbocycles. The van der Waals surface area contributed by atoms with Crippen molar-refractivity contribution in [2.75, 3.05) is 13.2 Å². The summed E-state index contributed by atoms with van der Waals surface area (Å²) in [7, 11) is 0. The highest BCUT2D eigenvalue weighted by atomic mass is 19.1. The number of carbonyl (C=O) groups excluding carboxylic acids is 1. The number of carbonyl (C=O) groups is 1. The quantitative estimate of drug-likeness (QED) is 0.910. The van der Waals surface area contributed by atoms with Gasteiger partial charge in [-0.05, 0) is 43.0 Å². The van der Waals surface area contributed by atoms with Gasteiger partial charge in [0.1, 0.15) is 5.82 Å². The van der Waals surface area contributed by atoms with Crippen LogP contribution in [0.5, 0.6) is 0 Å². The number of nitrogens with one attached hydrogen (secondary N) is 1. The number of aromatic nitrogens is 1. The van der Waals surface area contributed by atoms with Crippen molar-refractivity contribution in [2.45, 2.75) is 30.7 Å². The maximum Gasteiger partial charge on any atom is 0.231 e. The first-order valence-corrected chi connectivity index (χ1v) is 8.72. The van der Waals surface area contributed by atoms with E-state index >= 15 is 0 Å². The average molecular weight is 340 g/mol. The lowest BCUT2D eigenvalue weighted by atomic mass is 9.91. The molecule has 1 saturated heterocycles. The molecule has 2 aromatic rings. The Bertz CT molecular complexity index is 761. The zero-order valence-corrected chi connectivity index (χ0v) is 14.0. The van der Waals surface area contributed by atoms with Gasteiger partial charge in [-0.3, -0.25) is 9.78 Å². The molecule has 130 valence electrons. The van der Waals surface area contributed by atoms with Crippen LogP contribution in [0.2, 0.25) is 0 Å². The van der Waals surface area contributed by atoms with Crippen LogP contribution in [0.15, 0.2) is 48.8 Å². The Morgan fingerprint density at radius 2 is 1.96 bits per heavy atom. The molecule has 1 aromatic carbocycles. The molecule has 5 heteroatoms. The fourth-order valence-electron chi connectivity index (χ4n) is 3.68. The molecule has 25 heavy (non-hydrogen) atoms. The summed E-state index contributed by atoms with van der Waals surface area (Å²) in [4.78, 5) is 16.9. The number of nitrogens with zero attached hydrogens (tertiary/aromatic N) is 1. The normalized spacial score (nSPS) is 24.0. The smallest absolute Gasteiger partial charge is 0.231 e. The van der Waals surface area contributed by atoms with Gasteiger partial charge in [-0.2, -0.15) is 0 Å². The summed E-state index contributed by atoms with van der Waals surface area (Å²) in [5, 5.41) is 3.13. The van der Waals surface area contributed by atoms with Gasteiger partial charge in [-0.25, -0.2) is 4.39 Å². The Labute approximate surface area is 146 Å². The van der Waals surface area contributed by atoms with Crippen LogP contribution in [0.3, 0.4) is 0 Å². The predicted molar refractivity (Wildman–Crippen MR) is 91.5 cm³/mol.